The number of sulfonamides is 1. The Morgan fingerprint density at radius 3 is 2.10 bits per heavy atom. The number of nitrogens with zero attached hydrogens (tertiary/aromatic N) is 1. The summed E-state index contributed by atoms with van der Waals surface area (Å²) in [5, 5.41) is 2.75. The van der Waals surface area contributed by atoms with E-state index in [2.05, 4.69) is 43.8 Å². The molecule has 3 rings (SSSR count). The topological polar surface area (TPSA) is 66.5 Å². The molecule has 148 valence electrons. The highest BCUT2D eigenvalue weighted by Crippen LogP contribution is 2.26. The molecule has 0 atom stereocenters. The monoisotopic (exact) mass is 534 g/mol. The van der Waals surface area contributed by atoms with Gasteiger partial charge >= 0.3 is 0 Å². The summed E-state index contributed by atoms with van der Waals surface area (Å²) in [4.78, 5) is 12.6. The highest BCUT2D eigenvalue weighted by molar-refractivity contribution is 9.10. The maximum Gasteiger partial charge on any atom is 0.268 e. The number of rotatable bonds is 6. The molecule has 0 radical (unpaired) electrons. The maximum atomic E-state index is 13.1. The van der Waals surface area contributed by atoms with Crippen LogP contribution in [-0.4, -0.2) is 14.3 Å². The Morgan fingerprint density at radius 1 is 0.931 bits per heavy atom. The van der Waals surface area contributed by atoms with Crippen molar-refractivity contribution in [3.8, 4) is 0 Å². The van der Waals surface area contributed by atoms with Crippen LogP contribution >= 0.6 is 31.9 Å². The number of carbonyl (C=O) groups is 1. The van der Waals surface area contributed by atoms with Gasteiger partial charge in [0.2, 0.25) is 0 Å². The molecule has 0 aliphatic heterocycles. The Hall–Kier alpha value is -2.42. The van der Waals surface area contributed by atoms with Crippen molar-refractivity contribution in [1.29, 1.82) is 0 Å². The molecule has 3 aromatic carbocycles. The molecule has 0 spiro atoms. The van der Waals surface area contributed by atoms with Crippen LogP contribution in [0.2, 0.25) is 0 Å². The predicted molar refractivity (Wildman–Crippen MR) is 123 cm³/mol. The molecule has 0 saturated carbocycles. The van der Waals surface area contributed by atoms with Gasteiger partial charge in [-0.05, 0) is 66.7 Å². The van der Waals surface area contributed by atoms with Crippen molar-refractivity contribution in [3.05, 3.63) is 100 Å². The molecule has 1 N–H and O–H groups in total. The molecule has 8 heteroatoms. The standard InChI is InChI=1S/C21H16Br2N2O3S/c1-2-25(19-12-8-17(23)9-13-19)29(27,28)20-5-3-4-15(14-20)21(26)24-18-10-6-16(22)7-11-18/h2-14H,1H2,(H,24,26). The van der Waals surface area contributed by atoms with Gasteiger partial charge in [0.1, 0.15) is 0 Å². The van der Waals surface area contributed by atoms with E-state index >= 15 is 0 Å². The Morgan fingerprint density at radius 2 is 1.52 bits per heavy atom. The lowest BCUT2D eigenvalue weighted by molar-refractivity contribution is 0.102. The number of hydrogen-bond donors (Lipinski definition) is 1. The second kappa shape index (κ2) is 8.94. The van der Waals surface area contributed by atoms with Gasteiger partial charge in [0.05, 0.1) is 10.6 Å². The number of nitrogens with one attached hydrogen (secondary N) is 1. The lowest BCUT2D eigenvalue weighted by Gasteiger charge is -2.20. The molecule has 0 heterocycles. The van der Waals surface area contributed by atoms with Crippen molar-refractivity contribution in [2.45, 2.75) is 4.90 Å². The van der Waals surface area contributed by atoms with Gasteiger partial charge in [0.15, 0.2) is 0 Å². The summed E-state index contributed by atoms with van der Waals surface area (Å²) in [5.41, 5.74) is 1.27. The van der Waals surface area contributed by atoms with E-state index in [1.54, 1.807) is 54.6 Å². The van der Waals surface area contributed by atoms with Crippen molar-refractivity contribution in [3.63, 3.8) is 0 Å². The second-order valence-corrected chi connectivity index (χ2v) is 9.59. The van der Waals surface area contributed by atoms with Crippen molar-refractivity contribution < 1.29 is 13.2 Å². The highest BCUT2D eigenvalue weighted by Gasteiger charge is 2.24. The zero-order valence-corrected chi connectivity index (χ0v) is 19.0. The van der Waals surface area contributed by atoms with Crippen LogP contribution in [0.15, 0.2) is 99.4 Å². The fourth-order valence-corrected chi connectivity index (χ4v) is 4.46. The summed E-state index contributed by atoms with van der Waals surface area (Å²) in [6, 6.07) is 19.8. The Balaban J connectivity index is 1.90. The summed E-state index contributed by atoms with van der Waals surface area (Å²) in [7, 11) is -3.94. The summed E-state index contributed by atoms with van der Waals surface area (Å²) >= 11 is 6.66. The second-order valence-electron chi connectivity index (χ2n) is 5.95. The predicted octanol–water partition coefficient (Wildman–Crippen LogP) is 5.80. The summed E-state index contributed by atoms with van der Waals surface area (Å²) < 4.78 is 29.0. The molecule has 0 aromatic heterocycles. The van der Waals surface area contributed by atoms with E-state index in [1.807, 2.05) is 0 Å². The third-order valence-corrected chi connectivity index (χ3v) is 6.79. The first-order valence-electron chi connectivity index (χ1n) is 8.41. The van der Waals surface area contributed by atoms with E-state index in [1.165, 1.54) is 24.4 Å². The quantitative estimate of drug-likeness (QED) is 0.433. The molecule has 0 bridgehead atoms. The Bertz CT molecular complexity index is 1150. The van der Waals surface area contributed by atoms with Crippen LogP contribution in [0, 0.1) is 0 Å². The smallest absolute Gasteiger partial charge is 0.268 e. The van der Waals surface area contributed by atoms with Crippen molar-refractivity contribution in [2.75, 3.05) is 9.62 Å². The van der Waals surface area contributed by atoms with Gasteiger partial charge in [-0.25, -0.2) is 12.7 Å². The largest absolute Gasteiger partial charge is 0.322 e. The van der Waals surface area contributed by atoms with E-state index in [-0.39, 0.29) is 10.5 Å². The number of carbonyl (C=O) groups excluding carboxylic acids is 1. The number of amides is 1. The van der Waals surface area contributed by atoms with Gasteiger partial charge in [0.25, 0.3) is 15.9 Å². The molecular weight excluding hydrogens is 520 g/mol. The van der Waals surface area contributed by atoms with Gasteiger partial charge in [0, 0.05) is 26.4 Å². The lowest BCUT2D eigenvalue weighted by atomic mass is 10.2. The third kappa shape index (κ3) is 4.95. The molecule has 0 aliphatic rings. The Kier molecular flexibility index (Phi) is 6.56. The van der Waals surface area contributed by atoms with Crippen molar-refractivity contribution >= 4 is 59.2 Å². The van der Waals surface area contributed by atoms with Crippen LogP contribution in [-0.2, 0) is 10.0 Å². The van der Waals surface area contributed by atoms with Gasteiger partial charge in [-0.2, -0.15) is 0 Å². The molecule has 0 saturated heterocycles. The molecule has 0 fully saturated rings. The van der Waals surface area contributed by atoms with Crippen molar-refractivity contribution in [2.24, 2.45) is 0 Å². The minimum atomic E-state index is -3.94. The first-order valence-corrected chi connectivity index (χ1v) is 11.4. The zero-order valence-electron chi connectivity index (χ0n) is 15.0. The molecule has 3 aromatic rings. The van der Waals surface area contributed by atoms with Gasteiger partial charge in [-0.15, -0.1) is 0 Å². The SMILES string of the molecule is C=CN(c1ccc(Br)cc1)S(=O)(=O)c1cccc(C(=O)Nc2ccc(Br)cc2)c1. The minimum absolute atomic E-state index is 0.0104. The first-order chi connectivity index (χ1) is 13.8. The van der Waals surface area contributed by atoms with E-state index in [0.29, 0.717) is 11.4 Å². The van der Waals surface area contributed by atoms with E-state index in [4.69, 9.17) is 0 Å². The van der Waals surface area contributed by atoms with Crippen LogP contribution < -0.4 is 9.62 Å². The third-order valence-electron chi connectivity index (χ3n) is 4.00. The van der Waals surface area contributed by atoms with Crippen LogP contribution in [0.25, 0.3) is 0 Å². The van der Waals surface area contributed by atoms with Crippen molar-refractivity contribution in [1.82, 2.24) is 0 Å². The normalized spacial score (nSPS) is 11.0. The number of hydrogen-bond acceptors (Lipinski definition) is 3. The molecule has 0 aliphatic carbocycles. The van der Waals surface area contributed by atoms with Gasteiger partial charge < -0.3 is 5.32 Å². The van der Waals surface area contributed by atoms with E-state index in [0.717, 1.165) is 13.3 Å². The molecule has 0 unspecified atom stereocenters. The number of anilines is 2. The number of halogens is 2. The summed E-state index contributed by atoms with van der Waals surface area (Å²) in [5.74, 6) is -0.404. The fourth-order valence-electron chi connectivity index (χ4n) is 2.58. The van der Waals surface area contributed by atoms with Gasteiger partial charge in [-0.1, -0.05) is 44.5 Å². The number of benzene rings is 3. The minimum Gasteiger partial charge on any atom is -0.322 e. The average Bonchev–Trinajstić information content (AvgIpc) is 2.71. The van der Waals surface area contributed by atoms with Crippen LogP contribution in [0.3, 0.4) is 0 Å². The molecular formula is C21H16Br2N2O3S. The summed E-state index contributed by atoms with van der Waals surface area (Å²) in [6.07, 6.45) is 1.23. The van der Waals surface area contributed by atoms with Crippen LogP contribution in [0.5, 0.6) is 0 Å². The first kappa shape index (κ1) is 21.3. The fraction of sp³-hybridized carbons (Fsp3) is 0. The van der Waals surface area contributed by atoms with Crippen LogP contribution in [0.1, 0.15) is 10.4 Å². The van der Waals surface area contributed by atoms with Gasteiger partial charge in [-0.3, -0.25) is 4.79 Å². The average molecular weight is 536 g/mol. The molecule has 5 nitrogen and oxygen atoms in total. The molecule has 1 amide bonds. The highest BCUT2D eigenvalue weighted by atomic mass is 79.9. The van der Waals surface area contributed by atoms with E-state index in [9.17, 15) is 13.2 Å². The zero-order chi connectivity index (χ0) is 21.0. The molecule has 29 heavy (non-hydrogen) atoms. The van der Waals surface area contributed by atoms with E-state index < -0.39 is 15.9 Å². The lowest BCUT2D eigenvalue weighted by Crippen LogP contribution is -2.25. The maximum absolute atomic E-state index is 13.1. The summed E-state index contributed by atoms with van der Waals surface area (Å²) in [6.45, 7) is 3.62. The Labute approximate surface area is 186 Å². The van der Waals surface area contributed by atoms with Crippen LogP contribution in [0.4, 0.5) is 11.4 Å².